The normalized spacial score (nSPS) is 27.2. The molecule has 3 rings (SSSR count). The number of amides is 1. The second-order valence-corrected chi connectivity index (χ2v) is 8.28. The minimum atomic E-state index is -0.0955. The molecule has 3 N–H and O–H groups in total. The van der Waals surface area contributed by atoms with Crippen LogP contribution in [0.5, 0.6) is 11.5 Å². The van der Waals surface area contributed by atoms with Crippen molar-refractivity contribution in [1.82, 2.24) is 5.32 Å². The Morgan fingerprint density at radius 2 is 1.93 bits per heavy atom. The standard InChI is InChI=1S/C21H32N2O3.ClH/c1-12(2)11-26-17-8-7-14(10-18(17)25-4)13(3)23-21(24)19-15-5-6-16(9-15)20(19)22;/h7-8,10,12-13,15-16,19-20H,5-6,9,11,22H2,1-4H3,(H,23,24);1H. The largest absolute Gasteiger partial charge is 0.493 e. The maximum atomic E-state index is 12.8. The third kappa shape index (κ3) is 4.69. The highest BCUT2D eigenvalue weighted by atomic mass is 35.5. The Kier molecular flexibility index (Phi) is 7.40. The van der Waals surface area contributed by atoms with E-state index in [1.54, 1.807) is 7.11 Å². The minimum Gasteiger partial charge on any atom is -0.493 e. The van der Waals surface area contributed by atoms with Crippen LogP contribution >= 0.6 is 12.4 Å². The zero-order valence-electron chi connectivity index (χ0n) is 16.7. The predicted octanol–water partition coefficient (Wildman–Crippen LogP) is 3.70. The van der Waals surface area contributed by atoms with Gasteiger partial charge in [0.2, 0.25) is 5.91 Å². The van der Waals surface area contributed by atoms with Gasteiger partial charge in [0, 0.05) is 6.04 Å². The van der Waals surface area contributed by atoms with Crippen LogP contribution in [0.15, 0.2) is 18.2 Å². The molecule has 1 aromatic carbocycles. The molecule has 1 amide bonds. The van der Waals surface area contributed by atoms with Gasteiger partial charge in [-0.15, -0.1) is 12.4 Å². The lowest BCUT2D eigenvalue weighted by atomic mass is 9.84. The van der Waals surface area contributed by atoms with Crippen molar-refractivity contribution < 1.29 is 14.3 Å². The van der Waals surface area contributed by atoms with Gasteiger partial charge in [0.15, 0.2) is 11.5 Å². The topological polar surface area (TPSA) is 73.6 Å². The second kappa shape index (κ2) is 9.16. The number of nitrogens with one attached hydrogen (secondary N) is 1. The van der Waals surface area contributed by atoms with Crippen molar-refractivity contribution in [3.8, 4) is 11.5 Å². The molecule has 0 radical (unpaired) electrons. The Bertz CT molecular complexity index is 650. The number of methoxy groups -OCH3 is 1. The van der Waals surface area contributed by atoms with E-state index in [2.05, 4.69) is 19.2 Å². The van der Waals surface area contributed by atoms with E-state index >= 15 is 0 Å². The van der Waals surface area contributed by atoms with Gasteiger partial charge in [0.05, 0.1) is 25.7 Å². The Morgan fingerprint density at radius 1 is 1.22 bits per heavy atom. The van der Waals surface area contributed by atoms with Crippen LogP contribution in [0.3, 0.4) is 0 Å². The van der Waals surface area contributed by atoms with Crippen LogP contribution < -0.4 is 20.5 Å². The smallest absolute Gasteiger partial charge is 0.225 e. The van der Waals surface area contributed by atoms with E-state index in [9.17, 15) is 4.79 Å². The lowest BCUT2D eigenvalue weighted by Gasteiger charge is -2.28. The molecular weight excluding hydrogens is 364 g/mol. The highest BCUT2D eigenvalue weighted by molar-refractivity contribution is 5.85. The van der Waals surface area contributed by atoms with E-state index in [0.717, 1.165) is 24.2 Å². The molecule has 0 saturated heterocycles. The summed E-state index contributed by atoms with van der Waals surface area (Å²) in [6.07, 6.45) is 3.43. The summed E-state index contributed by atoms with van der Waals surface area (Å²) in [6, 6.07) is 5.78. The molecule has 0 spiro atoms. The number of halogens is 1. The molecule has 5 atom stereocenters. The Morgan fingerprint density at radius 3 is 2.52 bits per heavy atom. The molecule has 0 heterocycles. The van der Waals surface area contributed by atoms with Gasteiger partial charge in [-0.25, -0.2) is 0 Å². The third-order valence-corrected chi connectivity index (χ3v) is 5.90. The molecule has 5 nitrogen and oxygen atoms in total. The van der Waals surface area contributed by atoms with Gasteiger partial charge < -0.3 is 20.5 Å². The van der Waals surface area contributed by atoms with E-state index in [4.69, 9.17) is 15.2 Å². The minimum absolute atomic E-state index is 0. The van der Waals surface area contributed by atoms with Crippen LogP contribution in [-0.4, -0.2) is 25.7 Å². The molecule has 6 heteroatoms. The number of ether oxygens (including phenoxy) is 2. The Balaban J connectivity index is 0.00000261. The number of benzene rings is 1. The van der Waals surface area contributed by atoms with Gasteiger partial charge in [-0.1, -0.05) is 19.9 Å². The lowest BCUT2D eigenvalue weighted by Crippen LogP contribution is -2.45. The van der Waals surface area contributed by atoms with Crippen LogP contribution in [0.2, 0.25) is 0 Å². The first-order valence-corrected chi connectivity index (χ1v) is 9.77. The summed E-state index contributed by atoms with van der Waals surface area (Å²) in [5.74, 6) is 2.93. The lowest BCUT2D eigenvalue weighted by molar-refractivity contribution is -0.127. The van der Waals surface area contributed by atoms with Gasteiger partial charge in [0.25, 0.3) is 0 Å². The van der Waals surface area contributed by atoms with Gasteiger partial charge in [-0.2, -0.15) is 0 Å². The van der Waals surface area contributed by atoms with Gasteiger partial charge >= 0.3 is 0 Å². The summed E-state index contributed by atoms with van der Waals surface area (Å²) in [7, 11) is 1.64. The van der Waals surface area contributed by atoms with Crippen LogP contribution in [0.25, 0.3) is 0 Å². The van der Waals surface area contributed by atoms with Crippen molar-refractivity contribution in [2.24, 2.45) is 29.4 Å². The number of hydrogen-bond acceptors (Lipinski definition) is 4. The van der Waals surface area contributed by atoms with Crippen LogP contribution in [-0.2, 0) is 4.79 Å². The monoisotopic (exact) mass is 396 g/mol. The van der Waals surface area contributed by atoms with Crippen molar-refractivity contribution in [2.75, 3.05) is 13.7 Å². The Labute approximate surface area is 168 Å². The molecular formula is C21H33ClN2O3. The number of fused-ring (bicyclic) bond motifs is 2. The van der Waals surface area contributed by atoms with Crippen LogP contribution in [0, 0.1) is 23.7 Å². The zero-order valence-corrected chi connectivity index (χ0v) is 17.6. The molecule has 5 unspecified atom stereocenters. The maximum Gasteiger partial charge on any atom is 0.225 e. The summed E-state index contributed by atoms with van der Waals surface area (Å²) in [4.78, 5) is 12.8. The quantitative estimate of drug-likeness (QED) is 0.736. The molecule has 2 bridgehead atoms. The fraction of sp³-hybridized carbons (Fsp3) is 0.667. The van der Waals surface area contributed by atoms with Crippen molar-refractivity contribution in [2.45, 2.75) is 52.1 Å². The number of hydrogen-bond donors (Lipinski definition) is 2. The molecule has 152 valence electrons. The van der Waals surface area contributed by atoms with Crippen molar-refractivity contribution in [1.29, 1.82) is 0 Å². The molecule has 2 aliphatic carbocycles. The molecule has 27 heavy (non-hydrogen) atoms. The molecule has 1 aromatic rings. The summed E-state index contributed by atoms with van der Waals surface area (Å²) in [5, 5.41) is 3.16. The molecule has 2 saturated carbocycles. The Hall–Kier alpha value is -1.46. The number of carbonyl (C=O) groups is 1. The SMILES string of the molecule is COc1cc(C(C)NC(=O)C2C3CCC(C3)C2N)ccc1OCC(C)C.Cl. The van der Waals surface area contributed by atoms with E-state index in [0.29, 0.717) is 30.1 Å². The van der Waals surface area contributed by atoms with Crippen LogP contribution in [0.4, 0.5) is 0 Å². The van der Waals surface area contributed by atoms with Gasteiger partial charge in [0.1, 0.15) is 0 Å². The average Bonchev–Trinajstić information content (AvgIpc) is 3.20. The third-order valence-electron chi connectivity index (χ3n) is 5.90. The van der Waals surface area contributed by atoms with E-state index in [-0.39, 0.29) is 36.3 Å². The molecule has 2 fully saturated rings. The predicted molar refractivity (Wildman–Crippen MR) is 109 cm³/mol. The summed E-state index contributed by atoms with van der Waals surface area (Å²) in [5.41, 5.74) is 7.31. The van der Waals surface area contributed by atoms with E-state index in [1.165, 1.54) is 6.42 Å². The number of nitrogens with two attached hydrogens (primary N) is 1. The van der Waals surface area contributed by atoms with Crippen molar-refractivity contribution >= 4 is 18.3 Å². The first-order valence-electron chi connectivity index (χ1n) is 9.77. The zero-order chi connectivity index (χ0) is 18.8. The molecule has 2 aliphatic rings. The van der Waals surface area contributed by atoms with Crippen molar-refractivity contribution in [3.63, 3.8) is 0 Å². The highest BCUT2D eigenvalue weighted by Gasteiger charge is 2.49. The number of carbonyl (C=O) groups excluding carboxylic acids is 1. The number of rotatable bonds is 7. The fourth-order valence-corrected chi connectivity index (χ4v) is 4.45. The molecule has 0 aliphatic heterocycles. The summed E-state index contributed by atoms with van der Waals surface area (Å²) in [6.45, 7) is 6.86. The van der Waals surface area contributed by atoms with Gasteiger partial charge in [-0.05, 0) is 61.6 Å². The average molecular weight is 397 g/mol. The first kappa shape index (κ1) is 21.8. The first-order chi connectivity index (χ1) is 12.4. The molecule has 0 aromatic heterocycles. The fourth-order valence-electron chi connectivity index (χ4n) is 4.45. The van der Waals surface area contributed by atoms with Crippen molar-refractivity contribution in [3.05, 3.63) is 23.8 Å². The second-order valence-electron chi connectivity index (χ2n) is 8.28. The summed E-state index contributed by atoms with van der Waals surface area (Å²) >= 11 is 0. The van der Waals surface area contributed by atoms with E-state index < -0.39 is 0 Å². The van der Waals surface area contributed by atoms with E-state index in [1.807, 2.05) is 25.1 Å². The van der Waals surface area contributed by atoms with Gasteiger partial charge in [-0.3, -0.25) is 4.79 Å². The maximum absolute atomic E-state index is 12.8. The highest BCUT2D eigenvalue weighted by Crippen LogP contribution is 2.47. The van der Waals surface area contributed by atoms with Crippen LogP contribution in [0.1, 0.15) is 51.6 Å². The summed E-state index contributed by atoms with van der Waals surface area (Å²) < 4.78 is 11.3.